The monoisotopic (exact) mass is 400 g/mol. The first-order chi connectivity index (χ1) is 13.3. The molecule has 0 fully saturated rings. The second-order valence-corrected chi connectivity index (χ2v) is 7.48. The quantitative estimate of drug-likeness (QED) is 0.511. The highest BCUT2D eigenvalue weighted by Gasteiger charge is 2.16. The molecule has 28 heavy (non-hydrogen) atoms. The lowest BCUT2D eigenvalue weighted by atomic mass is 9.97. The molecule has 2 N–H and O–H groups in total. The SMILES string of the molecule is COC(=O)c1ccc(C)c(NC(=S)N[C@@H](CC(C)C)c2ccc(OC)cc2)c1. The molecule has 0 spiro atoms. The van der Waals surface area contributed by atoms with Crippen molar-refractivity contribution in [1.82, 2.24) is 5.32 Å². The molecule has 0 unspecified atom stereocenters. The van der Waals surface area contributed by atoms with Crippen LogP contribution in [0.2, 0.25) is 0 Å². The van der Waals surface area contributed by atoms with E-state index in [4.69, 9.17) is 21.7 Å². The van der Waals surface area contributed by atoms with Gasteiger partial charge in [-0.15, -0.1) is 0 Å². The molecule has 2 aromatic carbocycles. The van der Waals surface area contributed by atoms with Gasteiger partial charge in [-0.2, -0.15) is 0 Å². The fourth-order valence-electron chi connectivity index (χ4n) is 2.90. The predicted octanol–water partition coefficient (Wildman–Crippen LogP) is 4.86. The number of nitrogens with one attached hydrogen (secondary N) is 2. The summed E-state index contributed by atoms with van der Waals surface area (Å²) in [4.78, 5) is 11.8. The van der Waals surface area contributed by atoms with Crippen molar-refractivity contribution in [3.05, 3.63) is 59.2 Å². The predicted molar refractivity (Wildman–Crippen MR) is 117 cm³/mol. The Labute approximate surface area is 172 Å². The maximum atomic E-state index is 11.8. The summed E-state index contributed by atoms with van der Waals surface area (Å²) in [6.07, 6.45) is 0.926. The molecule has 0 aliphatic heterocycles. The third kappa shape index (κ3) is 5.96. The number of methoxy groups -OCH3 is 2. The molecule has 6 heteroatoms. The highest BCUT2D eigenvalue weighted by atomic mass is 32.1. The summed E-state index contributed by atoms with van der Waals surface area (Å²) in [5, 5.41) is 7.12. The maximum absolute atomic E-state index is 11.8. The van der Waals surface area contributed by atoms with Gasteiger partial charge in [0.05, 0.1) is 25.8 Å². The molecular formula is C22H28N2O3S. The van der Waals surface area contributed by atoms with Crippen LogP contribution >= 0.6 is 12.2 Å². The standard InChI is InChI=1S/C22H28N2O3S/c1-14(2)12-20(16-8-10-18(26-4)11-9-16)24-22(28)23-19-13-17(21(25)27-5)7-6-15(19)3/h6-11,13-14,20H,12H2,1-5H3,(H2,23,24,28)/t20-/m0/s1. The average molecular weight is 401 g/mol. The number of thiocarbonyl (C=S) groups is 1. The van der Waals surface area contributed by atoms with Crippen molar-refractivity contribution in [2.75, 3.05) is 19.5 Å². The number of anilines is 1. The van der Waals surface area contributed by atoms with Crippen molar-refractivity contribution < 1.29 is 14.3 Å². The van der Waals surface area contributed by atoms with Crippen molar-refractivity contribution >= 4 is 29.0 Å². The van der Waals surface area contributed by atoms with E-state index in [1.165, 1.54) is 7.11 Å². The third-order valence-corrected chi connectivity index (χ3v) is 4.66. The summed E-state index contributed by atoms with van der Waals surface area (Å²) in [5.41, 5.74) is 3.38. The van der Waals surface area contributed by atoms with Gasteiger partial charge in [0.15, 0.2) is 5.11 Å². The lowest BCUT2D eigenvalue weighted by molar-refractivity contribution is 0.0601. The van der Waals surface area contributed by atoms with E-state index in [2.05, 4.69) is 24.5 Å². The third-order valence-electron chi connectivity index (χ3n) is 4.44. The molecule has 0 aromatic heterocycles. The lowest BCUT2D eigenvalue weighted by Crippen LogP contribution is -2.33. The molecule has 0 bridgehead atoms. The van der Waals surface area contributed by atoms with Crippen LogP contribution in [0.1, 0.15) is 47.8 Å². The number of ether oxygens (including phenoxy) is 2. The zero-order valence-corrected chi connectivity index (χ0v) is 17.9. The maximum Gasteiger partial charge on any atom is 0.337 e. The first-order valence-corrected chi connectivity index (χ1v) is 9.65. The molecular weight excluding hydrogens is 372 g/mol. The van der Waals surface area contributed by atoms with E-state index in [9.17, 15) is 4.79 Å². The Hall–Kier alpha value is -2.60. The van der Waals surface area contributed by atoms with Gasteiger partial charge >= 0.3 is 5.97 Å². The Morgan fingerprint density at radius 1 is 1.11 bits per heavy atom. The zero-order valence-electron chi connectivity index (χ0n) is 17.0. The van der Waals surface area contributed by atoms with E-state index in [0.717, 1.165) is 29.0 Å². The second-order valence-electron chi connectivity index (χ2n) is 7.08. The van der Waals surface area contributed by atoms with Gasteiger partial charge < -0.3 is 20.1 Å². The minimum atomic E-state index is -0.377. The summed E-state index contributed by atoms with van der Waals surface area (Å²) >= 11 is 5.55. The fraction of sp³-hybridized carbons (Fsp3) is 0.364. The molecule has 0 saturated heterocycles. The van der Waals surface area contributed by atoms with Gasteiger partial charge in [-0.25, -0.2) is 4.79 Å². The minimum absolute atomic E-state index is 0.0648. The number of rotatable bonds is 7. The van der Waals surface area contributed by atoms with E-state index in [1.807, 2.05) is 37.3 Å². The van der Waals surface area contributed by atoms with Crippen LogP contribution in [-0.2, 0) is 4.74 Å². The topological polar surface area (TPSA) is 59.6 Å². The van der Waals surface area contributed by atoms with Crippen LogP contribution in [0, 0.1) is 12.8 Å². The molecule has 0 heterocycles. The Kier molecular flexibility index (Phi) is 7.81. The summed E-state index contributed by atoms with van der Waals surface area (Å²) in [7, 11) is 3.02. The summed E-state index contributed by atoms with van der Waals surface area (Å²) in [6, 6.07) is 13.4. The fourth-order valence-corrected chi connectivity index (χ4v) is 3.16. The van der Waals surface area contributed by atoms with Crippen molar-refractivity contribution in [3.63, 3.8) is 0 Å². The summed E-state index contributed by atoms with van der Waals surface area (Å²) < 4.78 is 10.0. The number of carbonyl (C=O) groups is 1. The van der Waals surface area contributed by atoms with Crippen LogP contribution < -0.4 is 15.4 Å². The Balaban J connectivity index is 2.16. The normalized spacial score (nSPS) is 11.6. The number of hydrogen-bond donors (Lipinski definition) is 2. The Morgan fingerprint density at radius 3 is 2.36 bits per heavy atom. The average Bonchev–Trinajstić information content (AvgIpc) is 2.68. The van der Waals surface area contributed by atoms with Crippen molar-refractivity contribution in [2.45, 2.75) is 33.2 Å². The van der Waals surface area contributed by atoms with Crippen molar-refractivity contribution in [1.29, 1.82) is 0 Å². The van der Waals surface area contributed by atoms with Crippen LogP contribution in [0.5, 0.6) is 5.75 Å². The van der Waals surface area contributed by atoms with Crippen LogP contribution in [0.15, 0.2) is 42.5 Å². The number of esters is 1. The van der Waals surface area contributed by atoms with E-state index in [-0.39, 0.29) is 12.0 Å². The molecule has 0 amide bonds. The smallest absolute Gasteiger partial charge is 0.337 e. The molecule has 0 aliphatic carbocycles. The molecule has 0 radical (unpaired) electrons. The molecule has 1 atom stereocenters. The van der Waals surface area contributed by atoms with Gasteiger partial charge in [0.2, 0.25) is 0 Å². The first kappa shape index (κ1) is 21.7. The number of benzene rings is 2. The Bertz CT molecular complexity index is 819. The van der Waals surface area contributed by atoms with E-state index >= 15 is 0 Å². The molecule has 0 saturated carbocycles. The van der Waals surface area contributed by atoms with Gasteiger partial charge in [-0.1, -0.05) is 32.0 Å². The van der Waals surface area contributed by atoms with Crippen LogP contribution in [0.3, 0.4) is 0 Å². The minimum Gasteiger partial charge on any atom is -0.497 e. The van der Waals surface area contributed by atoms with E-state index in [0.29, 0.717) is 16.6 Å². The lowest BCUT2D eigenvalue weighted by Gasteiger charge is -2.24. The van der Waals surface area contributed by atoms with Gasteiger partial charge in [-0.05, 0) is 66.9 Å². The molecule has 2 rings (SSSR count). The number of carbonyl (C=O) groups excluding carboxylic acids is 1. The van der Waals surface area contributed by atoms with Crippen LogP contribution in [-0.4, -0.2) is 25.3 Å². The van der Waals surface area contributed by atoms with Crippen molar-refractivity contribution in [3.8, 4) is 5.75 Å². The van der Waals surface area contributed by atoms with Crippen molar-refractivity contribution in [2.24, 2.45) is 5.92 Å². The largest absolute Gasteiger partial charge is 0.497 e. The zero-order chi connectivity index (χ0) is 20.7. The van der Waals surface area contributed by atoms with Gasteiger partial charge in [0.1, 0.15) is 5.75 Å². The number of aryl methyl sites for hydroxylation is 1. The molecule has 5 nitrogen and oxygen atoms in total. The molecule has 2 aromatic rings. The van der Waals surface area contributed by atoms with Gasteiger partial charge in [0.25, 0.3) is 0 Å². The molecule has 150 valence electrons. The van der Waals surface area contributed by atoms with Crippen LogP contribution in [0.25, 0.3) is 0 Å². The molecule has 0 aliphatic rings. The highest BCUT2D eigenvalue weighted by molar-refractivity contribution is 7.80. The van der Waals surface area contributed by atoms with Gasteiger partial charge in [0, 0.05) is 5.69 Å². The van der Waals surface area contributed by atoms with Gasteiger partial charge in [-0.3, -0.25) is 0 Å². The Morgan fingerprint density at radius 2 is 1.79 bits per heavy atom. The second kappa shape index (κ2) is 10.1. The summed E-state index contributed by atoms with van der Waals surface area (Å²) in [6.45, 7) is 6.32. The summed E-state index contributed by atoms with van der Waals surface area (Å²) in [5.74, 6) is 0.938. The van der Waals surface area contributed by atoms with E-state index < -0.39 is 0 Å². The van der Waals surface area contributed by atoms with Crippen LogP contribution in [0.4, 0.5) is 5.69 Å². The highest BCUT2D eigenvalue weighted by Crippen LogP contribution is 2.24. The van der Waals surface area contributed by atoms with E-state index in [1.54, 1.807) is 19.2 Å². The first-order valence-electron chi connectivity index (χ1n) is 9.24. The number of hydrogen-bond acceptors (Lipinski definition) is 4.